The topological polar surface area (TPSA) is 33.3 Å². The van der Waals surface area contributed by atoms with Gasteiger partial charge < -0.3 is 15.4 Å². The molecule has 0 bridgehead atoms. The quantitative estimate of drug-likeness (QED) is 0.545. The van der Waals surface area contributed by atoms with Crippen LogP contribution in [0.5, 0.6) is 0 Å². The smallest absolute Gasteiger partial charge is 0.0587 e. The zero-order valence-corrected chi connectivity index (χ0v) is 7.23. The third kappa shape index (κ3) is 3.70. The summed E-state index contributed by atoms with van der Waals surface area (Å²) in [6, 6.07) is 0. The van der Waals surface area contributed by atoms with Gasteiger partial charge in [0.2, 0.25) is 0 Å². The van der Waals surface area contributed by atoms with Gasteiger partial charge >= 0.3 is 0 Å². The first-order chi connectivity index (χ1) is 5.43. The second-order valence-electron chi connectivity index (χ2n) is 3.06. The minimum absolute atomic E-state index is 0.820. The predicted molar refractivity (Wildman–Crippen MR) is 45.7 cm³/mol. The number of hydrogen-bond acceptors (Lipinski definition) is 3. The molecular formula is C8H18N2O. The van der Waals surface area contributed by atoms with Crippen LogP contribution in [0.15, 0.2) is 0 Å². The van der Waals surface area contributed by atoms with Crippen molar-refractivity contribution >= 4 is 0 Å². The Bertz CT molecular complexity index is 92.1. The molecule has 11 heavy (non-hydrogen) atoms. The van der Waals surface area contributed by atoms with Crippen molar-refractivity contribution in [2.75, 3.05) is 39.9 Å². The van der Waals surface area contributed by atoms with E-state index in [9.17, 15) is 0 Å². The van der Waals surface area contributed by atoms with Crippen molar-refractivity contribution in [2.24, 2.45) is 5.92 Å². The van der Waals surface area contributed by atoms with Crippen LogP contribution in [0.2, 0.25) is 0 Å². The van der Waals surface area contributed by atoms with Gasteiger partial charge in [0.25, 0.3) is 0 Å². The number of ether oxygens (including phenoxy) is 1. The molecule has 0 amide bonds. The summed E-state index contributed by atoms with van der Waals surface area (Å²) in [5.74, 6) is 0.840. The minimum Gasteiger partial charge on any atom is -0.383 e. The molecule has 0 spiro atoms. The summed E-state index contributed by atoms with van der Waals surface area (Å²) in [5.41, 5.74) is 0. The molecule has 0 saturated carbocycles. The van der Waals surface area contributed by atoms with Crippen LogP contribution in [0.4, 0.5) is 0 Å². The Balaban J connectivity index is 1.86. The van der Waals surface area contributed by atoms with Crippen LogP contribution in [0.25, 0.3) is 0 Å². The Morgan fingerprint density at radius 3 is 3.18 bits per heavy atom. The number of rotatable bonds is 5. The monoisotopic (exact) mass is 158 g/mol. The Kier molecular flexibility index (Phi) is 4.50. The van der Waals surface area contributed by atoms with Crippen LogP contribution in [0.1, 0.15) is 6.42 Å². The molecule has 1 atom stereocenters. The fourth-order valence-electron chi connectivity index (χ4n) is 1.37. The van der Waals surface area contributed by atoms with E-state index in [-0.39, 0.29) is 0 Å². The van der Waals surface area contributed by atoms with E-state index in [1.807, 2.05) is 0 Å². The highest BCUT2D eigenvalue weighted by atomic mass is 16.5. The fourth-order valence-corrected chi connectivity index (χ4v) is 1.37. The standard InChI is InChI=1S/C8H18N2O/c1-11-5-4-10-7-8-2-3-9-6-8/h8-10H,2-7H2,1H3. The summed E-state index contributed by atoms with van der Waals surface area (Å²) in [4.78, 5) is 0. The third-order valence-electron chi connectivity index (χ3n) is 2.08. The number of methoxy groups -OCH3 is 1. The zero-order valence-electron chi connectivity index (χ0n) is 7.23. The van der Waals surface area contributed by atoms with Gasteiger partial charge in [0.1, 0.15) is 0 Å². The maximum Gasteiger partial charge on any atom is 0.0587 e. The van der Waals surface area contributed by atoms with Crippen molar-refractivity contribution in [3.63, 3.8) is 0 Å². The van der Waals surface area contributed by atoms with Crippen LogP contribution in [0, 0.1) is 5.92 Å². The maximum absolute atomic E-state index is 4.93. The lowest BCUT2D eigenvalue weighted by Crippen LogP contribution is -2.27. The van der Waals surface area contributed by atoms with Gasteiger partial charge in [0, 0.05) is 13.7 Å². The molecule has 0 radical (unpaired) electrons. The molecule has 1 rings (SSSR count). The normalized spacial score (nSPS) is 24.3. The minimum atomic E-state index is 0.820. The summed E-state index contributed by atoms with van der Waals surface area (Å²) in [6.07, 6.45) is 1.32. The highest BCUT2D eigenvalue weighted by Gasteiger charge is 2.12. The van der Waals surface area contributed by atoms with Crippen LogP contribution in [-0.4, -0.2) is 39.9 Å². The second kappa shape index (κ2) is 5.52. The van der Waals surface area contributed by atoms with Crippen molar-refractivity contribution in [3.05, 3.63) is 0 Å². The summed E-state index contributed by atoms with van der Waals surface area (Å²) in [5, 5.41) is 6.71. The molecule has 3 heteroatoms. The predicted octanol–water partition coefficient (Wildman–Crippen LogP) is -0.168. The van der Waals surface area contributed by atoms with Crippen molar-refractivity contribution in [3.8, 4) is 0 Å². The third-order valence-corrected chi connectivity index (χ3v) is 2.08. The zero-order chi connectivity index (χ0) is 7.94. The Hall–Kier alpha value is -0.120. The molecule has 0 aromatic carbocycles. The average Bonchev–Trinajstić information content (AvgIpc) is 2.50. The van der Waals surface area contributed by atoms with Gasteiger partial charge in [-0.25, -0.2) is 0 Å². The van der Waals surface area contributed by atoms with Crippen molar-refractivity contribution < 1.29 is 4.74 Å². The lowest BCUT2D eigenvalue weighted by atomic mass is 10.1. The molecule has 1 unspecified atom stereocenters. The molecule has 1 aliphatic rings. The molecule has 3 nitrogen and oxygen atoms in total. The van der Waals surface area contributed by atoms with E-state index in [0.717, 1.165) is 25.6 Å². The highest BCUT2D eigenvalue weighted by molar-refractivity contribution is 4.72. The Morgan fingerprint density at radius 1 is 1.64 bits per heavy atom. The van der Waals surface area contributed by atoms with Crippen LogP contribution in [0.3, 0.4) is 0 Å². The molecule has 1 heterocycles. The first kappa shape index (κ1) is 8.97. The van der Waals surface area contributed by atoms with Gasteiger partial charge in [-0.05, 0) is 32.0 Å². The fraction of sp³-hybridized carbons (Fsp3) is 1.00. The first-order valence-corrected chi connectivity index (χ1v) is 4.34. The summed E-state index contributed by atoms with van der Waals surface area (Å²) in [7, 11) is 1.73. The van der Waals surface area contributed by atoms with Crippen LogP contribution < -0.4 is 10.6 Å². The van der Waals surface area contributed by atoms with Crippen LogP contribution in [-0.2, 0) is 4.74 Å². The van der Waals surface area contributed by atoms with Crippen LogP contribution >= 0.6 is 0 Å². The van der Waals surface area contributed by atoms with E-state index in [2.05, 4.69) is 10.6 Å². The Morgan fingerprint density at radius 2 is 2.55 bits per heavy atom. The molecule has 2 N–H and O–H groups in total. The molecule has 1 aliphatic heterocycles. The lowest BCUT2D eigenvalue weighted by molar-refractivity contribution is 0.198. The van der Waals surface area contributed by atoms with Gasteiger partial charge in [-0.15, -0.1) is 0 Å². The van der Waals surface area contributed by atoms with Gasteiger partial charge in [0.05, 0.1) is 6.61 Å². The van der Waals surface area contributed by atoms with Gasteiger partial charge in [-0.2, -0.15) is 0 Å². The summed E-state index contributed by atoms with van der Waals surface area (Å²) >= 11 is 0. The molecule has 1 fully saturated rings. The number of nitrogens with one attached hydrogen (secondary N) is 2. The van der Waals surface area contributed by atoms with E-state index < -0.39 is 0 Å². The molecule has 0 aromatic heterocycles. The van der Waals surface area contributed by atoms with E-state index in [0.29, 0.717) is 0 Å². The van der Waals surface area contributed by atoms with Crippen molar-refractivity contribution in [2.45, 2.75) is 6.42 Å². The molecule has 0 aromatic rings. The summed E-state index contributed by atoms with van der Waals surface area (Å²) in [6.45, 7) is 5.31. The van der Waals surface area contributed by atoms with Crippen molar-refractivity contribution in [1.29, 1.82) is 0 Å². The van der Waals surface area contributed by atoms with Gasteiger partial charge in [0.15, 0.2) is 0 Å². The van der Waals surface area contributed by atoms with Gasteiger partial charge in [-0.1, -0.05) is 0 Å². The van der Waals surface area contributed by atoms with Crippen molar-refractivity contribution in [1.82, 2.24) is 10.6 Å². The van der Waals surface area contributed by atoms with E-state index >= 15 is 0 Å². The van der Waals surface area contributed by atoms with E-state index in [4.69, 9.17) is 4.74 Å². The molecule has 1 saturated heterocycles. The van der Waals surface area contributed by atoms with Gasteiger partial charge in [-0.3, -0.25) is 0 Å². The largest absolute Gasteiger partial charge is 0.383 e. The maximum atomic E-state index is 4.93. The lowest BCUT2D eigenvalue weighted by Gasteiger charge is -2.08. The van der Waals surface area contributed by atoms with E-state index in [1.165, 1.54) is 19.5 Å². The number of hydrogen-bond donors (Lipinski definition) is 2. The highest BCUT2D eigenvalue weighted by Crippen LogP contribution is 2.04. The SMILES string of the molecule is COCCNCC1CCNC1. The first-order valence-electron chi connectivity index (χ1n) is 4.34. The summed E-state index contributed by atoms with van der Waals surface area (Å²) < 4.78 is 4.93. The molecule has 66 valence electrons. The molecule has 0 aliphatic carbocycles. The second-order valence-corrected chi connectivity index (χ2v) is 3.06. The molecular weight excluding hydrogens is 140 g/mol. The Labute approximate surface area is 68.5 Å². The average molecular weight is 158 g/mol. The van der Waals surface area contributed by atoms with E-state index in [1.54, 1.807) is 7.11 Å².